The molecule has 6 rings (SSSR count). The minimum Gasteiger partial charge on any atom is -0.348 e. The highest BCUT2D eigenvalue weighted by atomic mass is 16.5. The van der Waals surface area contributed by atoms with Crippen LogP contribution in [-0.4, -0.2) is 68.2 Å². The molecule has 0 N–H and O–H groups in total. The Balaban J connectivity index is 1.38. The fraction of sp³-hybridized carbons (Fsp3) is 0.400. The number of nitrogens with zero attached hydrogens (tertiary/aromatic N) is 5. The first-order valence-corrected chi connectivity index (χ1v) is 11.4. The van der Waals surface area contributed by atoms with Gasteiger partial charge in [0.2, 0.25) is 5.60 Å². The number of pyridine rings is 1. The van der Waals surface area contributed by atoms with Crippen LogP contribution in [0.2, 0.25) is 0 Å². The first kappa shape index (κ1) is 21.0. The van der Waals surface area contributed by atoms with E-state index in [0.29, 0.717) is 6.42 Å². The predicted molar refractivity (Wildman–Crippen MR) is 122 cm³/mol. The van der Waals surface area contributed by atoms with Gasteiger partial charge in [0.25, 0.3) is 11.8 Å². The van der Waals surface area contributed by atoms with Crippen molar-refractivity contribution < 1.29 is 19.1 Å². The van der Waals surface area contributed by atoms with Crippen molar-refractivity contribution in [2.24, 2.45) is 5.41 Å². The van der Waals surface area contributed by atoms with Crippen LogP contribution in [0.15, 0.2) is 47.9 Å². The summed E-state index contributed by atoms with van der Waals surface area (Å²) in [5, 5.41) is 4.63. The van der Waals surface area contributed by atoms with Crippen molar-refractivity contribution in [3.05, 3.63) is 59.2 Å². The summed E-state index contributed by atoms with van der Waals surface area (Å²) in [6.45, 7) is 2.21. The molecular formula is C25H25N5O4. The smallest absolute Gasteiger partial charge is 0.333 e. The van der Waals surface area contributed by atoms with Crippen LogP contribution in [0.1, 0.15) is 37.4 Å². The highest BCUT2D eigenvalue weighted by Gasteiger charge is 2.60. The third-order valence-electron chi connectivity index (χ3n) is 7.84. The van der Waals surface area contributed by atoms with Crippen LogP contribution < -0.4 is 0 Å². The van der Waals surface area contributed by atoms with Crippen LogP contribution in [0.25, 0.3) is 11.8 Å². The molecule has 0 aromatic carbocycles. The Kier molecular flexibility index (Phi) is 4.29. The van der Waals surface area contributed by atoms with Gasteiger partial charge in [-0.2, -0.15) is 5.10 Å². The lowest BCUT2D eigenvalue weighted by atomic mass is 9.60. The molecule has 2 aliphatic heterocycles. The Morgan fingerprint density at radius 1 is 1.09 bits per heavy atom. The second-order valence-electron chi connectivity index (χ2n) is 9.70. The minimum absolute atomic E-state index is 0.116. The molecule has 2 aromatic rings. The third-order valence-corrected chi connectivity index (χ3v) is 7.84. The number of hydrogen-bond acceptors (Lipinski definition) is 6. The van der Waals surface area contributed by atoms with Crippen molar-refractivity contribution in [2.45, 2.75) is 44.3 Å². The lowest BCUT2D eigenvalue weighted by Crippen LogP contribution is -2.69. The van der Waals surface area contributed by atoms with Gasteiger partial charge in [-0.3, -0.25) is 24.4 Å². The predicted octanol–water partition coefficient (Wildman–Crippen LogP) is 2.51. The molecule has 1 spiro atoms. The molecule has 2 atom stereocenters. The van der Waals surface area contributed by atoms with Crippen molar-refractivity contribution in [2.75, 3.05) is 14.1 Å². The van der Waals surface area contributed by atoms with E-state index in [9.17, 15) is 14.4 Å². The Morgan fingerprint density at radius 3 is 2.50 bits per heavy atom. The number of barbiturate groups is 1. The number of hydrogen-bond donors (Lipinski definition) is 0. The van der Waals surface area contributed by atoms with Crippen LogP contribution in [0.4, 0.5) is 4.79 Å². The molecule has 174 valence electrons. The Bertz CT molecular complexity index is 1290. The molecule has 9 heteroatoms. The van der Waals surface area contributed by atoms with E-state index in [4.69, 9.17) is 4.74 Å². The zero-order valence-corrected chi connectivity index (χ0v) is 19.3. The Labute approximate surface area is 196 Å². The van der Waals surface area contributed by atoms with E-state index in [1.54, 1.807) is 12.4 Å². The molecule has 0 bridgehead atoms. The van der Waals surface area contributed by atoms with E-state index in [1.807, 2.05) is 29.1 Å². The number of rotatable bonds is 1. The fourth-order valence-electron chi connectivity index (χ4n) is 5.96. The van der Waals surface area contributed by atoms with E-state index < -0.39 is 23.4 Å². The first-order valence-electron chi connectivity index (χ1n) is 11.4. The molecule has 1 saturated heterocycles. The average Bonchev–Trinajstić information content (AvgIpc) is 3.26. The van der Waals surface area contributed by atoms with Crippen molar-refractivity contribution in [1.82, 2.24) is 24.6 Å². The summed E-state index contributed by atoms with van der Waals surface area (Å²) in [6.07, 6.45) is 11.6. The number of likely N-dealkylation sites (N-methyl/N-ethyl adjacent to an activating group) is 2. The summed E-state index contributed by atoms with van der Waals surface area (Å²) >= 11 is 0. The van der Waals surface area contributed by atoms with Gasteiger partial charge >= 0.3 is 6.03 Å². The van der Waals surface area contributed by atoms with Crippen molar-refractivity contribution in [1.29, 1.82) is 0 Å². The van der Waals surface area contributed by atoms with Crippen molar-refractivity contribution >= 4 is 23.9 Å². The number of aromatic nitrogens is 3. The molecule has 2 fully saturated rings. The third kappa shape index (κ3) is 2.61. The van der Waals surface area contributed by atoms with Gasteiger partial charge in [0.1, 0.15) is 0 Å². The van der Waals surface area contributed by atoms with Gasteiger partial charge in [-0.1, -0.05) is 18.6 Å². The number of carbonyl (C=O) groups excluding carboxylic acids is 3. The normalized spacial score (nSPS) is 27.7. The lowest BCUT2D eigenvalue weighted by Gasteiger charge is -2.51. The molecule has 4 amide bonds. The van der Waals surface area contributed by atoms with Gasteiger partial charge in [0.05, 0.1) is 23.7 Å². The van der Waals surface area contributed by atoms with Crippen molar-refractivity contribution in [3.63, 3.8) is 0 Å². The molecule has 2 aliphatic carbocycles. The number of fused-ring (bicyclic) bond motifs is 4. The zero-order valence-electron chi connectivity index (χ0n) is 19.3. The summed E-state index contributed by atoms with van der Waals surface area (Å²) in [5.74, 6) is -1.18. The zero-order chi connectivity index (χ0) is 23.8. The van der Waals surface area contributed by atoms with E-state index >= 15 is 0 Å². The quantitative estimate of drug-likeness (QED) is 0.480. The summed E-state index contributed by atoms with van der Waals surface area (Å²) in [5.41, 5.74) is 3.62. The van der Waals surface area contributed by atoms with E-state index in [0.717, 1.165) is 45.2 Å². The number of ether oxygens (including phenoxy) is 1. The fourth-order valence-corrected chi connectivity index (χ4v) is 5.96. The van der Waals surface area contributed by atoms with Gasteiger partial charge in [-0.05, 0) is 48.6 Å². The number of imide groups is 2. The van der Waals surface area contributed by atoms with Crippen LogP contribution in [-0.2, 0) is 20.7 Å². The maximum absolute atomic E-state index is 13.1. The standard InChI is InChI=1S/C25H25N5O4/c1-24-13-15-14-27-30(17-7-10-26-11-8-17)19(15)12-16(24)4-5-20-18(24)6-9-25(34-20)21(31)28(2)23(33)29(3)22(25)32/h6-8,10-12,14,20H,4-5,9,13H2,1-3H3/t20-,24-/m0/s1. The largest absolute Gasteiger partial charge is 0.348 e. The molecule has 0 unspecified atom stereocenters. The monoisotopic (exact) mass is 459 g/mol. The summed E-state index contributed by atoms with van der Waals surface area (Å²) in [4.78, 5) is 44.5. The van der Waals surface area contributed by atoms with Crippen LogP contribution >= 0.6 is 0 Å². The minimum atomic E-state index is -1.67. The molecular weight excluding hydrogens is 434 g/mol. The lowest BCUT2D eigenvalue weighted by molar-refractivity contribution is -0.183. The molecule has 1 saturated carbocycles. The second-order valence-corrected chi connectivity index (χ2v) is 9.70. The molecule has 34 heavy (non-hydrogen) atoms. The van der Waals surface area contributed by atoms with Gasteiger partial charge in [0, 0.05) is 38.3 Å². The molecule has 2 aromatic heterocycles. The maximum atomic E-state index is 13.1. The SMILES string of the molecule is CN1C(=O)N(C)C(=O)C2(CC=C3[C@H](CCC4=Cc5c(cnn5-c5ccncc5)C[C@@]43C)O2)C1=O. The van der Waals surface area contributed by atoms with Gasteiger partial charge in [-0.15, -0.1) is 0 Å². The molecule has 0 radical (unpaired) electrons. The van der Waals surface area contributed by atoms with Crippen molar-refractivity contribution in [3.8, 4) is 5.69 Å². The average molecular weight is 460 g/mol. The summed E-state index contributed by atoms with van der Waals surface area (Å²) < 4.78 is 8.29. The van der Waals surface area contributed by atoms with Crippen LogP contribution in [0.5, 0.6) is 0 Å². The number of urea groups is 1. The molecule has 9 nitrogen and oxygen atoms in total. The van der Waals surface area contributed by atoms with E-state index in [1.165, 1.54) is 19.7 Å². The van der Waals surface area contributed by atoms with Gasteiger partial charge in [-0.25, -0.2) is 9.48 Å². The first-order chi connectivity index (χ1) is 16.3. The molecule has 4 heterocycles. The molecule has 4 aliphatic rings. The van der Waals surface area contributed by atoms with Gasteiger partial charge in [0.15, 0.2) is 0 Å². The highest BCUT2D eigenvalue weighted by Crippen LogP contribution is 2.54. The highest BCUT2D eigenvalue weighted by molar-refractivity contribution is 6.21. The number of allylic oxidation sites excluding steroid dienone is 1. The Hall–Kier alpha value is -3.59. The Morgan fingerprint density at radius 2 is 1.79 bits per heavy atom. The van der Waals surface area contributed by atoms with E-state index in [2.05, 4.69) is 23.1 Å². The van der Waals surface area contributed by atoms with E-state index in [-0.39, 0.29) is 17.9 Å². The topological polar surface area (TPSA) is 97.6 Å². The van der Waals surface area contributed by atoms with Crippen LogP contribution in [0, 0.1) is 5.41 Å². The number of amides is 4. The summed E-state index contributed by atoms with van der Waals surface area (Å²) in [7, 11) is 2.79. The van der Waals surface area contributed by atoms with Crippen LogP contribution in [0.3, 0.4) is 0 Å². The maximum Gasteiger partial charge on any atom is 0.333 e. The van der Waals surface area contributed by atoms with Gasteiger partial charge < -0.3 is 4.74 Å². The number of carbonyl (C=O) groups is 3. The summed E-state index contributed by atoms with van der Waals surface area (Å²) in [6, 6.07) is 3.24. The second kappa shape index (κ2) is 6.96.